The van der Waals surface area contributed by atoms with Gasteiger partial charge in [0, 0.05) is 6.54 Å². The maximum atomic E-state index is 12.3. The summed E-state index contributed by atoms with van der Waals surface area (Å²) in [6.45, 7) is 0.106. The summed E-state index contributed by atoms with van der Waals surface area (Å²) in [6, 6.07) is 6.72. The standard InChI is InChI=1S/C16H21N3O5/c1-18-10-19(9-15(21)22)14(20)7-13(18)16(23)17-8-11-3-5-12(24-2)6-4-11/h3-6,13H,7-10H2,1-2H3,(H,17,23)(H,21,22)/t13-/m0/s1. The Bertz CT molecular complexity index is 617. The molecule has 24 heavy (non-hydrogen) atoms. The fourth-order valence-electron chi connectivity index (χ4n) is 2.54. The molecule has 1 saturated heterocycles. The summed E-state index contributed by atoms with van der Waals surface area (Å²) in [4.78, 5) is 37.9. The van der Waals surface area contributed by atoms with Gasteiger partial charge in [-0.15, -0.1) is 0 Å². The molecule has 0 aliphatic carbocycles. The van der Waals surface area contributed by atoms with Crippen LogP contribution in [0.4, 0.5) is 0 Å². The van der Waals surface area contributed by atoms with E-state index in [1.54, 1.807) is 19.1 Å². The third-order valence-electron chi connectivity index (χ3n) is 3.90. The smallest absolute Gasteiger partial charge is 0.323 e. The molecule has 1 aliphatic rings. The first kappa shape index (κ1) is 17.7. The van der Waals surface area contributed by atoms with E-state index in [-0.39, 0.29) is 31.4 Å². The zero-order valence-corrected chi connectivity index (χ0v) is 13.7. The summed E-state index contributed by atoms with van der Waals surface area (Å²) in [7, 11) is 3.28. The number of nitrogens with zero attached hydrogens (tertiary/aromatic N) is 2. The molecule has 0 spiro atoms. The number of hydrogen-bond donors (Lipinski definition) is 2. The van der Waals surface area contributed by atoms with Crippen molar-refractivity contribution < 1.29 is 24.2 Å². The van der Waals surface area contributed by atoms with Crippen molar-refractivity contribution in [1.29, 1.82) is 0 Å². The summed E-state index contributed by atoms with van der Waals surface area (Å²) < 4.78 is 5.08. The normalized spacial score (nSPS) is 18.3. The van der Waals surface area contributed by atoms with Gasteiger partial charge in [-0.05, 0) is 24.7 Å². The molecule has 1 aromatic carbocycles. The van der Waals surface area contributed by atoms with E-state index in [0.717, 1.165) is 11.3 Å². The van der Waals surface area contributed by atoms with Crippen molar-refractivity contribution in [2.24, 2.45) is 0 Å². The number of aliphatic carboxylic acids is 1. The molecule has 130 valence electrons. The number of likely N-dealkylation sites (N-methyl/N-ethyl adjacent to an activating group) is 1. The van der Waals surface area contributed by atoms with Gasteiger partial charge in [0.1, 0.15) is 12.3 Å². The second kappa shape index (κ2) is 7.78. The molecule has 1 fully saturated rings. The lowest BCUT2D eigenvalue weighted by molar-refractivity contribution is -0.152. The lowest BCUT2D eigenvalue weighted by Gasteiger charge is -2.37. The van der Waals surface area contributed by atoms with E-state index in [9.17, 15) is 14.4 Å². The van der Waals surface area contributed by atoms with E-state index < -0.39 is 12.0 Å². The molecule has 8 nitrogen and oxygen atoms in total. The molecule has 0 saturated carbocycles. The van der Waals surface area contributed by atoms with Crippen LogP contribution in [0, 0.1) is 0 Å². The van der Waals surface area contributed by atoms with Gasteiger partial charge in [-0.1, -0.05) is 12.1 Å². The highest BCUT2D eigenvalue weighted by Gasteiger charge is 2.34. The highest BCUT2D eigenvalue weighted by Crippen LogP contribution is 2.14. The van der Waals surface area contributed by atoms with Crippen molar-refractivity contribution >= 4 is 17.8 Å². The molecule has 0 bridgehead atoms. The number of methoxy groups -OCH3 is 1. The van der Waals surface area contributed by atoms with E-state index in [4.69, 9.17) is 9.84 Å². The number of amides is 2. The number of nitrogens with one attached hydrogen (secondary N) is 1. The molecule has 2 N–H and O–H groups in total. The third-order valence-corrected chi connectivity index (χ3v) is 3.90. The molecular weight excluding hydrogens is 314 g/mol. The number of carbonyl (C=O) groups is 3. The van der Waals surface area contributed by atoms with Gasteiger partial charge >= 0.3 is 5.97 Å². The minimum atomic E-state index is -1.07. The Balaban J connectivity index is 1.90. The van der Waals surface area contributed by atoms with E-state index in [2.05, 4.69) is 5.32 Å². The highest BCUT2D eigenvalue weighted by molar-refractivity contribution is 5.90. The van der Waals surface area contributed by atoms with Crippen molar-refractivity contribution in [1.82, 2.24) is 15.1 Å². The number of hydrogen-bond acceptors (Lipinski definition) is 5. The lowest BCUT2D eigenvalue weighted by atomic mass is 10.1. The molecule has 8 heteroatoms. The van der Waals surface area contributed by atoms with Crippen molar-refractivity contribution in [3.63, 3.8) is 0 Å². The average Bonchev–Trinajstić information content (AvgIpc) is 2.55. The molecule has 2 rings (SSSR count). The minimum Gasteiger partial charge on any atom is -0.497 e. The summed E-state index contributed by atoms with van der Waals surface area (Å²) in [5, 5.41) is 11.6. The topological polar surface area (TPSA) is 99.2 Å². The Hall–Kier alpha value is -2.61. The van der Waals surface area contributed by atoms with Gasteiger partial charge in [0.2, 0.25) is 11.8 Å². The van der Waals surface area contributed by atoms with Crippen molar-refractivity contribution in [2.45, 2.75) is 19.0 Å². The quantitative estimate of drug-likeness (QED) is 0.752. The monoisotopic (exact) mass is 335 g/mol. The number of carboxylic acids is 1. The van der Waals surface area contributed by atoms with Crippen LogP contribution in [0.3, 0.4) is 0 Å². The molecule has 1 atom stereocenters. The van der Waals surface area contributed by atoms with Gasteiger partial charge < -0.3 is 20.1 Å². The number of carboxylic acid groups (broad SMARTS) is 1. The van der Waals surface area contributed by atoms with E-state index in [1.165, 1.54) is 4.90 Å². The van der Waals surface area contributed by atoms with Crippen LogP contribution in [0.5, 0.6) is 5.75 Å². The summed E-state index contributed by atoms with van der Waals surface area (Å²) in [5.41, 5.74) is 0.918. The predicted octanol–water partition coefficient (Wildman–Crippen LogP) is -0.114. The van der Waals surface area contributed by atoms with Crippen LogP contribution in [0.15, 0.2) is 24.3 Å². The van der Waals surface area contributed by atoms with Gasteiger partial charge in [-0.2, -0.15) is 0 Å². The Kier molecular flexibility index (Phi) is 5.75. The molecule has 0 radical (unpaired) electrons. The van der Waals surface area contributed by atoms with Crippen molar-refractivity contribution in [2.75, 3.05) is 27.4 Å². The predicted molar refractivity (Wildman–Crippen MR) is 85.2 cm³/mol. The fraction of sp³-hybridized carbons (Fsp3) is 0.438. The average molecular weight is 335 g/mol. The van der Waals surface area contributed by atoms with Gasteiger partial charge in [-0.3, -0.25) is 19.3 Å². The first-order valence-electron chi connectivity index (χ1n) is 7.51. The van der Waals surface area contributed by atoms with Crippen LogP contribution in [0.1, 0.15) is 12.0 Å². The Labute approximate surface area is 140 Å². The van der Waals surface area contributed by atoms with Gasteiger partial charge in [0.05, 0.1) is 26.2 Å². The van der Waals surface area contributed by atoms with Crippen LogP contribution in [0.25, 0.3) is 0 Å². The van der Waals surface area contributed by atoms with Crippen LogP contribution >= 0.6 is 0 Å². The Morgan fingerprint density at radius 2 is 2.00 bits per heavy atom. The summed E-state index contributed by atoms with van der Waals surface area (Å²) >= 11 is 0. The Morgan fingerprint density at radius 3 is 2.58 bits per heavy atom. The lowest BCUT2D eigenvalue weighted by Crippen LogP contribution is -2.57. The first-order valence-corrected chi connectivity index (χ1v) is 7.51. The number of carbonyl (C=O) groups excluding carboxylic acids is 2. The van der Waals surface area contributed by atoms with E-state index in [1.807, 2.05) is 24.3 Å². The third kappa shape index (κ3) is 4.45. The van der Waals surface area contributed by atoms with Crippen molar-refractivity contribution in [3.05, 3.63) is 29.8 Å². The molecule has 2 amide bonds. The highest BCUT2D eigenvalue weighted by atomic mass is 16.5. The fourth-order valence-corrected chi connectivity index (χ4v) is 2.54. The second-order valence-electron chi connectivity index (χ2n) is 5.67. The Morgan fingerprint density at radius 1 is 1.33 bits per heavy atom. The first-order chi connectivity index (χ1) is 11.4. The molecule has 1 heterocycles. The van der Waals surface area contributed by atoms with Gasteiger partial charge in [0.25, 0.3) is 0 Å². The maximum Gasteiger partial charge on any atom is 0.323 e. The minimum absolute atomic E-state index is 0.0295. The summed E-state index contributed by atoms with van der Waals surface area (Å²) in [5.74, 6) is -0.919. The number of ether oxygens (including phenoxy) is 1. The SMILES string of the molecule is COc1ccc(CNC(=O)[C@@H]2CC(=O)N(CC(=O)O)CN2C)cc1. The van der Waals surface area contributed by atoms with Gasteiger partial charge in [-0.25, -0.2) is 0 Å². The molecule has 1 aromatic rings. The maximum absolute atomic E-state index is 12.3. The van der Waals surface area contributed by atoms with Gasteiger partial charge in [0.15, 0.2) is 0 Å². The molecule has 0 aromatic heterocycles. The van der Waals surface area contributed by atoms with Crippen molar-refractivity contribution in [3.8, 4) is 5.75 Å². The van der Waals surface area contributed by atoms with E-state index in [0.29, 0.717) is 6.54 Å². The summed E-state index contributed by atoms with van der Waals surface area (Å²) in [6.07, 6.45) is -0.0295. The van der Waals surface area contributed by atoms with Crippen LogP contribution in [0.2, 0.25) is 0 Å². The van der Waals surface area contributed by atoms with Crippen LogP contribution in [-0.2, 0) is 20.9 Å². The molecular formula is C16H21N3O5. The largest absolute Gasteiger partial charge is 0.497 e. The van der Waals surface area contributed by atoms with Crippen LogP contribution < -0.4 is 10.1 Å². The van der Waals surface area contributed by atoms with E-state index >= 15 is 0 Å². The van der Waals surface area contributed by atoms with Crippen LogP contribution in [-0.4, -0.2) is 66.1 Å². The molecule has 0 unspecified atom stereocenters. The number of rotatable bonds is 6. The second-order valence-corrected chi connectivity index (χ2v) is 5.67. The molecule has 1 aliphatic heterocycles. The zero-order valence-electron chi connectivity index (χ0n) is 13.7. The zero-order chi connectivity index (χ0) is 17.7. The number of benzene rings is 1.